The maximum absolute atomic E-state index is 13.2. The molecule has 2 atom stereocenters. The molecule has 0 radical (unpaired) electrons. The average Bonchev–Trinajstić information content (AvgIpc) is 3.13. The van der Waals surface area contributed by atoms with Crippen molar-refractivity contribution >= 4 is 51.9 Å². The zero-order valence-corrected chi connectivity index (χ0v) is 19.5. The molecule has 0 saturated carbocycles. The highest BCUT2D eigenvalue weighted by Crippen LogP contribution is 2.26. The monoisotopic (exact) mass is 533 g/mol. The summed E-state index contributed by atoms with van der Waals surface area (Å²) in [5.74, 6) is -0.317. The van der Waals surface area contributed by atoms with E-state index in [2.05, 4.69) is 10.6 Å². The molecule has 0 unspecified atom stereocenters. The lowest BCUT2D eigenvalue weighted by Gasteiger charge is -2.29. The maximum atomic E-state index is 13.2. The summed E-state index contributed by atoms with van der Waals surface area (Å²) in [6.07, 6.45) is 1.89. The van der Waals surface area contributed by atoms with Crippen LogP contribution in [0.5, 0.6) is 0 Å². The Morgan fingerprint density at radius 2 is 1.84 bits per heavy atom. The quantitative estimate of drug-likeness (QED) is 0.261. The Kier molecular flexibility index (Phi) is 7.32. The SMILES string of the molecule is C[C@H](NC(=O)[C@@](C)(Cc1cn(C(=O)OCI)c2ccccc12)NC=O)c1ccccc1. The minimum absolute atomic E-state index is 0.199. The number of alkyl halides is 1. The Balaban J connectivity index is 1.91. The zero-order chi connectivity index (χ0) is 22.4. The first-order valence-electron chi connectivity index (χ1n) is 9.79. The topological polar surface area (TPSA) is 89.4 Å². The standard InChI is InChI=1S/C23H24IN3O4/c1-16(17-8-4-3-5-9-17)26-21(29)23(2,25-15-28)12-18-13-27(22(30)31-14-24)20-11-7-6-10-19(18)20/h3-11,13,15-16H,12,14H2,1-2H3,(H,25,28)(H,26,29)/t16-,23+/m0/s1. The predicted molar refractivity (Wildman–Crippen MR) is 127 cm³/mol. The predicted octanol–water partition coefficient (Wildman–Crippen LogP) is 3.94. The van der Waals surface area contributed by atoms with Crippen LogP contribution in [-0.4, -0.2) is 33.1 Å². The highest BCUT2D eigenvalue weighted by Gasteiger charge is 2.35. The minimum Gasteiger partial charge on any atom is -0.438 e. The van der Waals surface area contributed by atoms with E-state index in [1.807, 2.05) is 84.1 Å². The van der Waals surface area contributed by atoms with Crippen LogP contribution in [0, 0.1) is 0 Å². The first-order valence-corrected chi connectivity index (χ1v) is 11.3. The van der Waals surface area contributed by atoms with E-state index in [0.717, 1.165) is 16.5 Å². The Bertz CT molecular complexity index is 1080. The summed E-state index contributed by atoms with van der Waals surface area (Å²) >= 11 is 1.96. The van der Waals surface area contributed by atoms with Gasteiger partial charge in [0.2, 0.25) is 12.3 Å². The second-order valence-electron chi connectivity index (χ2n) is 7.44. The molecule has 2 amide bonds. The number of nitrogens with one attached hydrogen (secondary N) is 2. The van der Waals surface area contributed by atoms with Crippen molar-refractivity contribution in [2.75, 3.05) is 4.61 Å². The number of carbonyl (C=O) groups excluding carboxylic acids is 3. The van der Waals surface area contributed by atoms with Crippen LogP contribution in [0.25, 0.3) is 10.9 Å². The average molecular weight is 533 g/mol. The molecule has 0 fully saturated rings. The third-order valence-electron chi connectivity index (χ3n) is 5.24. The maximum Gasteiger partial charge on any atom is 0.419 e. The minimum atomic E-state index is -1.22. The Morgan fingerprint density at radius 3 is 2.52 bits per heavy atom. The molecular weight excluding hydrogens is 509 g/mol. The summed E-state index contributed by atoms with van der Waals surface area (Å²) in [6.45, 7) is 3.56. The van der Waals surface area contributed by atoms with Crippen LogP contribution in [0.15, 0.2) is 60.8 Å². The van der Waals surface area contributed by atoms with Crippen molar-refractivity contribution in [2.24, 2.45) is 0 Å². The van der Waals surface area contributed by atoms with Crippen LogP contribution < -0.4 is 10.6 Å². The van der Waals surface area contributed by atoms with Crippen LogP contribution in [-0.2, 0) is 20.7 Å². The molecule has 162 valence electrons. The van der Waals surface area contributed by atoms with Crippen molar-refractivity contribution in [1.29, 1.82) is 0 Å². The largest absolute Gasteiger partial charge is 0.438 e. The van der Waals surface area contributed by atoms with Crippen molar-refractivity contribution in [3.8, 4) is 0 Å². The van der Waals surface area contributed by atoms with Gasteiger partial charge in [-0.05, 0) is 53.6 Å². The van der Waals surface area contributed by atoms with Gasteiger partial charge in [0.25, 0.3) is 0 Å². The normalized spacial score (nSPS) is 13.8. The molecule has 0 aliphatic carbocycles. The Hall–Kier alpha value is -2.88. The van der Waals surface area contributed by atoms with Gasteiger partial charge < -0.3 is 15.4 Å². The lowest BCUT2D eigenvalue weighted by Crippen LogP contribution is -2.56. The number of fused-ring (bicyclic) bond motifs is 1. The lowest BCUT2D eigenvalue weighted by atomic mass is 9.91. The summed E-state index contributed by atoms with van der Waals surface area (Å²) in [6, 6.07) is 16.7. The first kappa shape index (κ1) is 22.8. The van der Waals surface area contributed by atoms with Gasteiger partial charge in [-0.15, -0.1) is 0 Å². The van der Waals surface area contributed by atoms with Gasteiger partial charge in [-0.2, -0.15) is 0 Å². The number of ether oxygens (including phenoxy) is 1. The fraction of sp³-hybridized carbons (Fsp3) is 0.261. The molecule has 3 aromatic rings. The Labute approximate surface area is 194 Å². The van der Waals surface area contributed by atoms with Gasteiger partial charge in [-0.3, -0.25) is 14.2 Å². The molecule has 31 heavy (non-hydrogen) atoms. The molecule has 8 heteroatoms. The molecule has 0 aliphatic heterocycles. The third-order valence-corrected chi connectivity index (χ3v) is 5.55. The van der Waals surface area contributed by atoms with Crippen molar-refractivity contribution in [1.82, 2.24) is 15.2 Å². The summed E-state index contributed by atoms with van der Waals surface area (Å²) in [7, 11) is 0. The highest BCUT2D eigenvalue weighted by molar-refractivity contribution is 14.1. The number of aromatic nitrogens is 1. The van der Waals surface area contributed by atoms with E-state index in [0.29, 0.717) is 11.9 Å². The fourth-order valence-electron chi connectivity index (χ4n) is 3.55. The second-order valence-corrected chi connectivity index (χ2v) is 8.06. The van der Waals surface area contributed by atoms with Crippen LogP contribution in [0.1, 0.15) is 31.0 Å². The number of amides is 2. The lowest BCUT2D eigenvalue weighted by molar-refractivity contribution is -0.130. The third kappa shape index (κ3) is 5.07. The number of hydrogen-bond acceptors (Lipinski definition) is 4. The van der Waals surface area contributed by atoms with E-state index in [1.54, 1.807) is 13.1 Å². The number of hydrogen-bond donors (Lipinski definition) is 2. The molecule has 0 spiro atoms. The van der Waals surface area contributed by atoms with Crippen LogP contribution in [0.2, 0.25) is 0 Å². The molecule has 0 saturated heterocycles. The number of halogens is 1. The van der Waals surface area contributed by atoms with E-state index in [-0.39, 0.29) is 23.0 Å². The van der Waals surface area contributed by atoms with Crippen molar-refractivity contribution < 1.29 is 19.1 Å². The summed E-state index contributed by atoms with van der Waals surface area (Å²) in [5, 5.41) is 6.47. The van der Waals surface area contributed by atoms with E-state index >= 15 is 0 Å². The van der Waals surface area contributed by atoms with Crippen LogP contribution in [0.3, 0.4) is 0 Å². The van der Waals surface area contributed by atoms with Gasteiger partial charge in [0.05, 0.1) is 11.6 Å². The molecule has 2 aromatic carbocycles. The highest BCUT2D eigenvalue weighted by atomic mass is 127. The second kappa shape index (κ2) is 9.95. The molecule has 3 rings (SSSR count). The summed E-state index contributed by atoms with van der Waals surface area (Å²) in [4.78, 5) is 36.9. The first-order chi connectivity index (χ1) is 14.9. The van der Waals surface area contributed by atoms with Gasteiger partial charge in [0, 0.05) is 18.0 Å². The van der Waals surface area contributed by atoms with Gasteiger partial charge >= 0.3 is 6.09 Å². The molecule has 1 aromatic heterocycles. The smallest absolute Gasteiger partial charge is 0.419 e. The number of carbonyl (C=O) groups is 3. The van der Waals surface area contributed by atoms with Crippen LogP contribution >= 0.6 is 22.6 Å². The molecule has 7 nitrogen and oxygen atoms in total. The van der Waals surface area contributed by atoms with Gasteiger partial charge in [0.1, 0.15) is 10.2 Å². The van der Waals surface area contributed by atoms with E-state index in [4.69, 9.17) is 4.74 Å². The van der Waals surface area contributed by atoms with Crippen molar-refractivity contribution in [3.63, 3.8) is 0 Å². The molecule has 0 bridgehead atoms. The fourth-order valence-corrected chi connectivity index (χ4v) is 3.81. The molecule has 0 aliphatic rings. The number of para-hydroxylation sites is 1. The molecule has 2 N–H and O–H groups in total. The zero-order valence-electron chi connectivity index (χ0n) is 17.3. The van der Waals surface area contributed by atoms with Crippen molar-refractivity contribution in [2.45, 2.75) is 31.8 Å². The number of nitrogens with zero attached hydrogens (tertiary/aromatic N) is 1. The van der Waals surface area contributed by atoms with E-state index in [1.165, 1.54) is 4.57 Å². The van der Waals surface area contributed by atoms with E-state index < -0.39 is 11.6 Å². The number of rotatable bonds is 8. The summed E-state index contributed by atoms with van der Waals surface area (Å²) in [5.41, 5.74) is 1.18. The summed E-state index contributed by atoms with van der Waals surface area (Å²) < 4.78 is 6.79. The van der Waals surface area contributed by atoms with Crippen LogP contribution in [0.4, 0.5) is 4.79 Å². The van der Waals surface area contributed by atoms with Gasteiger partial charge in [-0.25, -0.2) is 4.79 Å². The van der Waals surface area contributed by atoms with Gasteiger partial charge in [-0.1, -0.05) is 48.5 Å². The number of benzene rings is 2. The Morgan fingerprint density at radius 1 is 1.16 bits per heavy atom. The molecule has 1 heterocycles. The van der Waals surface area contributed by atoms with E-state index in [9.17, 15) is 14.4 Å². The molecular formula is C23H24IN3O4. The van der Waals surface area contributed by atoms with Crippen molar-refractivity contribution in [3.05, 3.63) is 71.9 Å². The van der Waals surface area contributed by atoms with Gasteiger partial charge in [0.15, 0.2) is 0 Å².